The fraction of sp³-hybridized carbons (Fsp3) is 0.370. The van der Waals surface area contributed by atoms with Crippen molar-refractivity contribution in [1.82, 2.24) is 9.88 Å². The monoisotopic (exact) mass is 572 g/mol. The molecule has 1 aromatic heterocycles. The van der Waals surface area contributed by atoms with Crippen molar-refractivity contribution >= 4 is 28.9 Å². The smallest absolute Gasteiger partial charge is 0.419 e. The molecule has 0 saturated heterocycles. The van der Waals surface area contributed by atoms with Crippen molar-refractivity contribution < 1.29 is 50.2 Å². The van der Waals surface area contributed by atoms with E-state index in [9.17, 15) is 40.7 Å². The fourth-order valence-electron chi connectivity index (χ4n) is 3.98. The van der Waals surface area contributed by atoms with Crippen molar-refractivity contribution in [3.63, 3.8) is 0 Å². The highest BCUT2D eigenvalue weighted by molar-refractivity contribution is 5.93. The van der Waals surface area contributed by atoms with Crippen LogP contribution in [0.1, 0.15) is 43.0 Å². The molecule has 3 rings (SSSR count). The number of nitrogens with one attached hydrogen (secondary N) is 1. The number of fused-ring (bicyclic) bond motifs is 1. The van der Waals surface area contributed by atoms with Gasteiger partial charge in [0, 0.05) is 18.0 Å². The molecule has 216 valence electrons. The van der Waals surface area contributed by atoms with E-state index in [1.807, 2.05) is 0 Å². The Morgan fingerprint density at radius 2 is 1.50 bits per heavy atom. The van der Waals surface area contributed by atoms with Crippen LogP contribution in [0.15, 0.2) is 48.7 Å². The molecule has 0 aliphatic rings. The predicted molar refractivity (Wildman–Crippen MR) is 131 cm³/mol. The van der Waals surface area contributed by atoms with Gasteiger partial charge in [-0.15, -0.1) is 0 Å². The van der Waals surface area contributed by atoms with E-state index >= 15 is 0 Å². The molecule has 1 heterocycles. The second kappa shape index (κ2) is 11.2. The van der Waals surface area contributed by atoms with Crippen molar-refractivity contribution in [3.05, 3.63) is 70.9 Å². The molecular formula is C27H26F6N2O5. The maximum absolute atomic E-state index is 13.2. The van der Waals surface area contributed by atoms with Crippen molar-refractivity contribution in [2.75, 3.05) is 7.11 Å². The van der Waals surface area contributed by atoms with E-state index in [2.05, 4.69) is 5.32 Å². The Morgan fingerprint density at radius 3 is 2.02 bits per heavy atom. The molecule has 2 aromatic carbocycles. The zero-order valence-electron chi connectivity index (χ0n) is 21.9. The van der Waals surface area contributed by atoms with Crippen LogP contribution in [-0.4, -0.2) is 41.3 Å². The zero-order valence-corrected chi connectivity index (χ0v) is 21.9. The van der Waals surface area contributed by atoms with Gasteiger partial charge in [-0.3, -0.25) is 9.36 Å². The standard InChI is InChI=1S/C27H26F6N2O5/c1-25(2,3)40-24(38)35-14-16(19-7-5-6-8-21(19)35)12-20(23(37)39-4)34-22(36)11-15-9-17(26(28,29)30)13-18(10-15)27(31,32)33/h5-10,13-14,20H,11-12H2,1-4H3,(H,34,36)/t20-/m1/s1. The number of benzene rings is 2. The third-order valence-electron chi connectivity index (χ3n) is 5.64. The van der Waals surface area contributed by atoms with Crippen LogP contribution in [-0.2, 0) is 44.3 Å². The van der Waals surface area contributed by atoms with Gasteiger partial charge in [0.05, 0.1) is 30.2 Å². The minimum absolute atomic E-state index is 0.0426. The van der Waals surface area contributed by atoms with Crippen LogP contribution < -0.4 is 5.32 Å². The summed E-state index contributed by atoms with van der Waals surface area (Å²) in [5.41, 5.74) is -3.61. The summed E-state index contributed by atoms with van der Waals surface area (Å²) in [6.07, 6.45) is -10.5. The van der Waals surface area contributed by atoms with Crippen LogP contribution in [0.5, 0.6) is 0 Å². The number of rotatable bonds is 6. The summed E-state index contributed by atoms with van der Waals surface area (Å²) in [5.74, 6) is -1.93. The number of hydrogen-bond donors (Lipinski definition) is 1. The molecule has 0 unspecified atom stereocenters. The van der Waals surface area contributed by atoms with Gasteiger partial charge in [0.2, 0.25) is 5.91 Å². The Hall–Kier alpha value is -4.03. The van der Waals surface area contributed by atoms with Crippen LogP contribution in [0.2, 0.25) is 0 Å². The average molecular weight is 573 g/mol. The SMILES string of the molecule is COC(=O)[C@@H](Cc1cn(C(=O)OC(C)(C)C)c2ccccc12)NC(=O)Cc1cc(C(F)(F)F)cc(C(F)(F)F)c1. The largest absolute Gasteiger partial charge is 0.467 e. The highest BCUT2D eigenvalue weighted by atomic mass is 19.4. The van der Waals surface area contributed by atoms with E-state index < -0.39 is 65.1 Å². The van der Waals surface area contributed by atoms with Gasteiger partial charge in [-0.1, -0.05) is 18.2 Å². The number of aromatic nitrogens is 1. The highest BCUT2D eigenvalue weighted by Gasteiger charge is 2.37. The molecule has 1 amide bonds. The van der Waals surface area contributed by atoms with Crippen molar-refractivity contribution in [2.24, 2.45) is 0 Å². The lowest BCUT2D eigenvalue weighted by Gasteiger charge is -2.19. The van der Waals surface area contributed by atoms with Gasteiger partial charge in [-0.05, 0) is 56.2 Å². The van der Waals surface area contributed by atoms with E-state index in [1.165, 1.54) is 10.8 Å². The summed E-state index contributed by atoms with van der Waals surface area (Å²) < 4.78 is 90.5. The Labute approximate surface area is 225 Å². The van der Waals surface area contributed by atoms with Gasteiger partial charge in [-0.2, -0.15) is 26.3 Å². The van der Waals surface area contributed by atoms with E-state index in [0.717, 1.165) is 7.11 Å². The molecular weight excluding hydrogens is 546 g/mol. The van der Waals surface area contributed by atoms with Crippen molar-refractivity contribution in [2.45, 2.75) is 57.6 Å². The van der Waals surface area contributed by atoms with Crippen LogP contribution >= 0.6 is 0 Å². The minimum atomic E-state index is -5.08. The second-order valence-electron chi connectivity index (χ2n) is 9.96. The molecule has 13 heteroatoms. The molecule has 1 N–H and O–H groups in total. The molecule has 40 heavy (non-hydrogen) atoms. The van der Waals surface area contributed by atoms with Crippen LogP contribution in [0.4, 0.5) is 31.1 Å². The van der Waals surface area contributed by atoms with Crippen LogP contribution in [0.25, 0.3) is 10.9 Å². The van der Waals surface area contributed by atoms with Crippen molar-refractivity contribution in [1.29, 1.82) is 0 Å². The summed E-state index contributed by atoms with van der Waals surface area (Å²) in [6, 6.07) is 6.14. The van der Waals surface area contributed by atoms with Gasteiger partial charge < -0.3 is 14.8 Å². The summed E-state index contributed by atoms with van der Waals surface area (Å²) >= 11 is 0. The Morgan fingerprint density at radius 1 is 0.925 bits per heavy atom. The molecule has 0 saturated carbocycles. The quantitative estimate of drug-likeness (QED) is 0.294. The molecule has 7 nitrogen and oxygen atoms in total. The van der Waals surface area contributed by atoms with Gasteiger partial charge >= 0.3 is 24.4 Å². The molecule has 0 fully saturated rings. The van der Waals surface area contributed by atoms with E-state index in [0.29, 0.717) is 28.6 Å². The van der Waals surface area contributed by atoms with Crippen LogP contribution in [0, 0.1) is 0 Å². The number of halogens is 6. The van der Waals surface area contributed by atoms with E-state index in [-0.39, 0.29) is 12.5 Å². The molecule has 0 aliphatic heterocycles. The first-order valence-corrected chi connectivity index (χ1v) is 11.9. The second-order valence-corrected chi connectivity index (χ2v) is 9.96. The predicted octanol–water partition coefficient (Wildman–Crippen LogP) is 5.91. The first-order chi connectivity index (χ1) is 18.4. The molecule has 0 aliphatic carbocycles. The minimum Gasteiger partial charge on any atom is -0.467 e. The maximum atomic E-state index is 13.2. The van der Waals surface area contributed by atoms with Gasteiger partial charge in [0.1, 0.15) is 11.6 Å². The maximum Gasteiger partial charge on any atom is 0.419 e. The molecule has 0 bridgehead atoms. The lowest BCUT2D eigenvalue weighted by molar-refractivity contribution is -0.145. The number of methoxy groups -OCH3 is 1. The summed E-state index contributed by atoms with van der Waals surface area (Å²) in [5, 5.41) is 2.87. The molecule has 0 spiro atoms. The lowest BCUT2D eigenvalue weighted by Crippen LogP contribution is -2.43. The molecule has 1 atom stereocenters. The third-order valence-corrected chi connectivity index (χ3v) is 5.64. The fourth-order valence-corrected chi connectivity index (χ4v) is 3.98. The molecule has 3 aromatic rings. The zero-order chi connectivity index (χ0) is 30.0. The first-order valence-electron chi connectivity index (χ1n) is 11.9. The topological polar surface area (TPSA) is 86.6 Å². The number of ether oxygens (including phenoxy) is 2. The number of carbonyl (C=O) groups is 3. The van der Waals surface area contributed by atoms with Crippen LogP contribution in [0.3, 0.4) is 0 Å². The van der Waals surface area contributed by atoms with E-state index in [4.69, 9.17) is 9.47 Å². The number of esters is 1. The number of nitrogens with zero attached hydrogens (tertiary/aromatic N) is 1. The normalized spacial score (nSPS) is 13.2. The average Bonchev–Trinajstić information content (AvgIpc) is 3.19. The number of amides is 1. The Kier molecular flexibility index (Phi) is 8.56. The summed E-state index contributed by atoms with van der Waals surface area (Å²) in [6.45, 7) is 5.05. The number of para-hydroxylation sites is 1. The number of carbonyl (C=O) groups excluding carboxylic acids is 3. The van der Waals surface area contributed by atoms with Gasteiger partial charge in [0.15, 0.2) is 0 Å². The van der Waals surface area contributed by atoms with E-state index in [1.54, 1.807) is 45.0 Å². The number of alkyl halides is 6. The Balaban J connectivity index is 1.90. The van der Waals surface area contributed by atoms with Gasteiger partial charge in [0.25, 0.3) is 0 Å². The highest BCUT2D eigenvalue weighted by Crippen LogP contribution is 2.36. The summed E-state index contributed by atoms with van der Waals surface area (Å²) in [7, 11) is 1.05. The summed E-state index contributed by atoms with van der Waals surface area (Å²) in [4.78, 5) is 38.0. The van der Waals surface area contributed by atoms with Gasteiger partial charge in [-0.25, -0.2) is 9.59 Å². The van der Waals surface area contributed by atoms with Crippen molar-refractivity contribution in [3.8, 4) is 0 Å². The lowest BCUT2D eigenvalue weighted by atomic mass is 10.0. The number of hydrogen-bond acceptors (Lipinski definition) is 5. The molecule has 0 radical (unpaired) electrons. The Bertz CT molecular complexity index is 1390. The first kappa shape index (κ1) is 30.5. The third kappa shape index (κ3) is 7.54.